The lowest BCUT2D eigenvalue weighted by Gasteiger charge is -2.23. The maximum atomic E-state index is 5.37. The van der Waals surface area contributed by atoms with Crippen LogP contribution in [0.5, 0.6) is 0 Å². The molecule has 0 bridgehead atoms. The average Bonchev–Trinajstić information content (AvgIpc) is 3.12. The molecule has 2 atom stereocenters. The van der Waals surface area contributed by atoms with Crippen molar-refractivity contribution < 1.29 is 0 Å². The van der Waals surface area contributed by atoms with Gasteiger partial charge in [-0.25, -0.2) is 0 Å². The fourth-order valence-electron chi connectivity index (χ4n) is 2.25. The Bertz CT molecular complexity index is 395. The first kappa shape index (κ1) is 12.2. The Balaban J connectivity index is 2.07. The monoisotopic (exact) mass is 227 g/mol. The highest BCUT2D eigenvalue weighted by atomic mass is 15.0. The molecule has 1 nitrogen and oxygen atoms in total. The van der Waals surface area contributed by atoms with Crippen LogP contribution in [0.1, 0.15) is 43.4 Å². The Labute approximate surface area is 105 Å². The second kappa shape index (κ2) is 5.38. The van der Waals surface area contributed by atoms with Crippen molar-refractivity contribution in [3.8, 4) is 12.3 Å². The van der Waals surface area contributed by atoms with E-state index in [9.17, 15) is 0 Å². The summed E-state index contributed by atoms with van der Waals surface area (Å²) >= 11 is 0. The van der Waals surface area contributed by atoms with Crippen molar-refractivity contribution >= 4 is 0 Å². The SMILES string of the molecule is C#CCC(C)NC(c1ccc(C)cc1)C1CC1. The van der Waals surface area contributed by atoms with Crippen LogP contribution in [-0.4, -0.2) is 6.04 Å². The molecule has 0 radical (unpaired) electrons. The molecule has 90 valence electrons. The van der Waals surface area contributed by atoms with Crippen LogP contribution < -0.4 is 5.32 Å². The number of rotatable bonds is 5. The summed E-state index contributed by atoms with van der Waals surface area (Å²) in [6.45, 7) is 4.30. The van der Waals surface area contributed by atoms with E-state index in [0.29, 0.717) is 12.1 Å². The number of benzene rings is 1. The molecular weight excluding hydrogens is 206 g/mol. The van der Waals surface area contributed by atoms with Crippen molar-refractivity contribution in [3.05, 3.63) is 35.4 Å². The molecule has 1 aliphatic rings. The summed E-state index contributed by atoms with van der Waals surface area (Å²) < 4.78 is 0. The first-order valence-corrected chi connectivity index (χ1v) is 6.47. The van der Waals surface area contributed by atoms with Gasteiger partial charge < -0.3 is 5.32 Å². The van der Waals surface area contributed by atoms with Crippen LogP contribution in [0.25, 0.3) is 0 Å². The van der Waals surface area contributed by atoms with E-state index in [2.05, 4.69) is 49.4 Å². The Hall–Kier alpha value is -1.26. The van der Waals surface area contributed by atoms with Crippen molar-refractivity contribution in [2.75, 3.05) is 0 Å². The van der Waals surface area contributed by atoms with Gasteiger partial charge in [0.2, 0.25) is 0 Å². The standard InChI is InChI=1S/C16H21N/c1-4-5-13(3)17-16(15-10-11-15)14-8-6-12(2)7-9-14/h1,6-9,13,15-17H,5,10-11H2,2-3H3. The highest BCUT2D eigenvalue weighted by molar-refractivity contribution is 5.25. The summed E-state index contributed by atoms with van der Waals surface area (Å²) in [5.41, 5.74) is 2.72. The van der Waals surface area contributed by atoms with E-state index in [0.717, 1.165) is 12.3 Å². The summed E-state index contributed by atoms with van der Waals surface area (Å²) in [7, 11) is 0. The van der Waals surface area contributed by atoms with Crippen LogP contribution in [0.2, 0.25) is 0 Å². The normalized spacial score (nSPS) is 18.4. The molecule has 0 heterocycles. The molecule has 0 spiro atoms. The van der Waals surface area contributed by atoms with Gasteiger partial charge in [-0.15, -0.1) is 12.3 Å². The number of terminal acetylenes is 1. The van der Waals surface area contributed by atoms with Crippen molar-refractivity contribution in [3.63, 3.8) is 0 Å². The van der Waals surface area contributed by atoms with E-state index >= 15 is 0 Å². The number of aryl methyl sites for hydroxylation is 1. The van der Waals surface area contributed by atoms with E-state index in [1.54, 1.807) is 0 Å². The third kappa shape index (κ3) is 3.35. The molecule has 0 aliphatic heterocycles. The van der Waals surface area contributed by atoms with Crippen molar-refractivity contribution in [2.45, 2.75) is 45.2 Å². The molecule has 1 saturated carbocycles. The molecule has 0 aromatic heterocycles. The van der Waals surface area contributed by atoms with Crippen LogP contribution in [-0.2, 0) is 0 Å². The molecule has 17 heavy (non-hydrogen) atoms. The molecule has 1 heteroatoms. The van der Waals surface area contributed by atoms with Crippen molar-refractivity contribution in [1.82, 2.24) is 5.32 Å². The van der Waals surface area contributed by atoms with Gasteiger partial charge in [0.25, 0.3) is 0 Å². The molecule has 2 rings (SSSR count). The summed E-state index contributed by atoms with van der Waals surface area (Å²) in [6, 6.07) is 9.75. The van der Waals surface area contributed by atoms with Crippen LogP contribution in [0.15, 0.2) is 24.3 Å². The highest BCUT2D eigenvalue weighted by Crippen LogP contribution is 2.41. The van der Waals surface area contributed by atoms with Gasteiger partial charge in [0, 0.05) is 18.5 Å². The molecule has 2 unspecified atom stereocenters. The highest BCUT2D eigenvalue weighted by Gasteiger charge is 2.32. The summed E-state index contributed by atoms with van der Waals surface area (Å²) in [5.74, 6) is 3.53. The third-order valence-electron chi connectivity index (χ3n) is 3.42. The Morgan fingerprint density at radius 1 is 1.35 bits per heavy atom. The van der Waals surface area contributed by atoms with Gasteiger partial charge in [0.15, 0.2) is 0 Å². The second-order valence-corrected chi connectivity index (χ2v) is 5.20. The average molecular weight is 227 g/mol. The maximum absolute atomic E-state index is 5.37. The lowest BCUT2D eigenvalue weighted by Crippen LogP contribution is -2.31. The van der Waals surface area contributed by atoms with Gasteiger partial charge in [-0.2, -0.15) is 0 Å². The quantitative estimate of drug-likeness (QED) is 0.760. The Morgan fingerprint density at radius 3 is 2.53 bits per heavy atom. The maximum Gasteiger partial charge on any atom is 0.0351 e. The molecule has 1 fully saturated rings. The largest absolute Gasteiger partial charge is 0.306 e. The smallest absolute Gasteiger partial charge is 0.0351 e. The van der Waals surface area contributed by atoms with E-state index in [4.69, 9.17) is 6.42 Å². The molecule has 1 N–H and O–H groups in total. The van der Waals surface area contributed by atoms with Crippen LogP contribution >= 0.6 is 0 Å². The minimum Gasteiger partial charge on any atom is -0.306 e. The predicted octanol–water partition coefficient (Wildman–Crippen LogP) is 3.45. The van der Waals surface area contributed by atoms with E-state index in [-0.39, 0.29) is 0 Å². The van der Waals surface area contributed by atoms with Crippen LogP contribution in [0, 0.1) is 25.2 Å². The number of hydrogen-bond acceptors (Lipinski definition) is 1. The fraction of sp³-hybridized carbons (Fsp3) is 0.500. The zero-order valence-electron chi connectivity index (χ0n) is 10.7. The summed E-state index contributed by atoms with van der Waals surface area (Å²) in [4.78, 5) is 0. The number of nitrogens with one attached hydrogen (secondary N) is 1. The predicted molar refractivity (Wildman–Crippen MR) is 72.7 cm³/mol. The minimum atomic E-state index is 0.395. The zero-order valence-corrected chi connectivity index (χ0v) is 10.7. The van der Waals surface area contributed by atoms with Crippen molar-refractivity contribution in [1.29, 1.82) is 0 Å². The molecule has 0 saturated heterocycles. The number of hydrogen-bond donors (Lipinski definition) is 1. The topological polar surface area (TPSA) is 12.0 Å². The Morgan fingerprint density at radius 2 is 2.00 bits per heavy atom. The van der Waals surface area contributed by atoms with Crippen LogP contribution in [0.3, 0.4) is 0 Å². The third-order valence-corrected chi connectivity index (χ3v) is 3.42. The fourth-order valence-corrected chi connectivity index (χ4v) is 2.25. The van der Waals surface area contributed by atoms with E-state index in [1.807, 2.05) is 0 Å². The van der Waals surface area contributed by atoms with Gasteiger partial charge >= 0.3 is 0 Å². The first-order valence-electron chi connectivity index (χ1n) is 6.47. The van der Waals surface area contributed by atoms with Gasteiger partial charge in [-0.05, 0) is 38.2 Å². The second-order valence-electron chi connectivity index (χ2n) is 5.20. The van der Waals surface area contributed by atoms with E-state index in [1.165, 1.54) is 24.0 Å². The van der Waals surface area contributed by atoms with Crippen molar-refractivity contribution in [2.24, 2.45) is 5.92 Å². The van der Waals surface area contributed by atoms with Gasteiger partial charge in [0.05, 0.1) is 0 Å². The molecule has 0 amide bonds. The summed E-state index contributed by atoms with van der Waals surface area (Å²) in [5, 5.41) is 3.67. The van der Waals surface area contributed by atoms with Gasteiger partial charge in [0.1, 0.15) is 0 Å². The molecule has 1 aromatic rings. The summed E-state index contributed by atoms with van der Waals surface area (Å²) in [6.07, 6.45) is 8.85. The zero-order chi connectivity index (χ0) is 12.3. The van der Waals surface area contributed by atoms with Gasteiger partial charge in [-0.1, -0.05) is 29.8 Å². The molecular formula is C16H21N. The molecule has 1 aliphatic carbocycles. The first-order chi connectivity index (χ1) is 8.20. The van der Waals surface area contributed by atoms with E-state index < -0.39 is 0 Å². The van der Waals surface area contributed by atoms with Gasteiger partial charge in [-0.3, -0.25) is 0 Å². The molecule has 1 aromatic carbocycles. The lowest BCUT2D eigenvalue weighted by atomic mass is 10.00. The van der Waals surface area contributed by atoms with Crippen LogP contribution in [0.4, 0.5) is 0 Å². The Kier molecular flexibility index (Phi) is 3.86. The minimum absolute atomic E-state index is 0.395. The lowest BCUT2D eigenvalue weighted by molar-refractivity contribution is 0.423.